The number of para-hydroxylation sites is 2. The van der Waals surface area contributed by atoms with Crippen LogP contribution in [-0.4, -0.2) is 23.7 Å². The van der Waals surface area contributed by atoms with Gasteiger partial charge in [-0.05, 0) is 108 Å². The summed E-state index contributed by atoms with van der Waals surface area (Å²) in [6.07, 6.45) is 5.84. The summed E-state index contributed by atoms with van der Waals surface area (Å²) in [5.41, 5.74) is 13.9. The molecule has 1 heterocycles. The third-order valence-corrected chi connectivity index (χ3v) is 10.6. The number of allylic oxidation sites excluding steroid dienone is 4. The highest BCUT2D eigenvalue weighted by Crippen LogP contribution is 2.39. The number of benzene rings is 7. The number of amidine groups is 1. The number of aromatic nitrogens is 1. The van der Waals surface area contributed by atoms with Gasteiger partial charge in [0.15, 0.2) is 5.84 Å². The largest absolute Gasteiger partial charge is 0.358 e. The number of hydrogen-bond donors (Lipinski definition) is 2. The van der Waals surface area contributed by atoms with Gasteiger partial charge < -0.3 is 9.88 Å². The SMILES string of the molecule is CNC(N=C(N=Cc1ccccc1)c1ccc(NC2=C(c3ccccc3)C=C(c3ccc4c(c3)c3ccccc3n4-c3ccccc3)CC2)cc1)c1ccccc1. The van der Waals surface area contributed by atoms with Gasteiger partial charge in [-0.25, -0.2) is 9.98 Å². The zero-order valence-corrected chi connectivity index (χ0v) is 31.9. The van der Waals surface area contributed by atoms with Crippen LogP contribution in [0.4, 0.5) is 5.69 Å². The highest BCUT2D eigenvalue weighted by Gasteiger charge is 2.19. The fraction of sp³-hybridized carbons (Fsp3) is 0.0769. The summed E-state index contributed by atoms with van der Waals surface area (Å²) in [5.74, 6) is 0.659. The van der Waals surface area contributed by atoms with Gasteiger partial charge in [-0.1, -0.05) is 133 Å². The van der Waals surface area contributed by atoms with Gasteiger partial charge in [0.1, 0.15) is 6.17 Å². The van der Waals surface area contributed by atoms with Crippen molar-refractivity contribution >= 4 is 50.7 Å². The van der Waals surface area contributed by atoms with E-state index in [1.807, 2.05) is 61.8 Å². The minimum Gasteiger partial charge on any atom is -0.358 e. The number of hydrogen-bond acceptors (Lipinski definition) is 3. The van der Waals surface area contributed by atoms with E-state index in [1.54, 1.807) is 0 Å². The lowest BCUT2D eigenvalue weighted by Gasteiger charge is -2.23. The predicted molar refractivity (Wildman–Crippen MR) is 240 cm³/mol. The molecule has 1 unspecified atom stereocenters. The van der Waals surface area contributed by atoms with Crippen LogP contribution < -0.4 is 10.6 Å². The minimum atomic E-state index is -0.239. The quantitative estimate of drug-likeness (QED) is 0.108. The first-order valence-electron chi connectivity index (χ1n) is 19.6. The van der Waals surface area contributed by atoms with Crippen molar-refractivity contribution in [2.24, 2.45) is 9.98 Å². The van der Waals surface area contributed by atoms with E-state index >= 15 is 0 Å². The molecule has 1 aromatic heterocycles. The Balaban J connectivity index is 1.05. The lowest BCUT2D eigenvalue weighted by atomic mass is 9.88. The van der Waals surface area contributed by atoms with Crippen LogP contribution in [0.1, 0.15) is 46.8 Å². The molecule has 9 rings (SSSR count). The first-order valence-corrected chi connectivity index (χ1v) is 19.6. The molecule has 0 saturated heterocycles. The molecule has 2 N–H and O–H groups in total. The average molecular weight is 738 g/mol. The van der Waals surface area contributed by atoms with Crippen molar-refractivity contribution in [3.05, 3.63) is 228 Å². The molecule has 0 amide bonds. The van der Waals surface area contributed by atoms with Crippen molar-refractivity contribution < 1.29 is 0 Å². The number of aliphatic imine (C=N–C) groups is 2. The highest BCUT2D eigenvalue weighted by molar-refractivity contribution is 6.10. The van der Waals surface area contributed by atoms with Gasteiger partial charge in [-0.3, -0.25) is 5.32 Å². The van der Waals surface area contributed by atoms with Crippen LogP contribution in [0.2, 0.25) is 0 Å². The van der Waals surface area contributed by atoms with Crippen molar-refractivity contribution in [2.75, 3.05) is 12.4 Å². The van der Waals surface area contributed by atoms with Crippen molar-refractivity contribution in [3.8, 4) is 5.69 Å². The maximum atomic E-state index is 5.11. The summed E-state index contributed by atoms with van der Waals surface area (Å²) in [4.78, 5) is 10.0. The van der Waals surface area contributed by atoms with E-state index in [0.717, 1.165) is 35.2 Å². The van der Waals surface area contributed by atoms with Crippen molar-refractivity contribution in [1.29, 1.82) is 0 Å². The van der Waals surface area contributed by atoms with Gasteiger partial charge >= 0.3 is 0 Å². The highest BCUT2D eigenvalue weighted by atomic mass is 15.1. The number of nitrogens with zero attached hydrogens (tertiary/aromatic N) is 3. The van der Waals surface area contributed by atoms with Crippen molar-refractivity contribution in [3.63, 3.8) is 0 Å². The van der Waals surface area contributed by atoms with Gasteiger partial charge in [-0.15, -0.1) is 0 Å². The third-order valence-electron chi connectivity index (χ3n) is 10.6. The number of fused-ring (bicyclic) bond motifs is 3. The summed E-state index contributed by atoms with van der Waals surface area (Å²) in [5, 5.41) is 9.71. The Morgan fingerprint density at radius 2 is 1.26 bits per heavy atom. The summed E-state index contributed by atoms with van der Waals surface area (Å²) < 4.78 is 2.37. The Kier molecular flexibility index (Phi) is 10.2. The molecule has 276 valence electrons. The molecule has 0 aliphatic heterocycles. The van der Waals surface area contributed by atoms with Crippen LogP contribution in [0.5, 0.6) is 0 Å². The molecule has 0 bridgehead atoms. The second-order valence-electron chi connectivity index (χ2n) is 14.3. The number of anilines is 1. The third kappa shape index (κ3) is 7.62. The van der Waals surface area contributed by atoms with Crippen LogP contribution in [0.3, 0.4) is 0 Å². The molecular formula is C52H43N5. The van der Waals surface area contributed by atoms with Crippen LogP contribution in [0, 0.1) is 0 Å². The Hall–Kier alpha value is -7.08. The molecule has 0 saturated carbocycles. The van der Waals surface area contributed by atoms with Crippen molar-refractivity contribution in [1.82, 2.24) is 9.88 Å². The lowest BCUT2D eigenvalue weighted by Crippen LogP contribution is -2.16. The molecule has 1 atom stereocenters. The number of nitrogens with one attached hydrogen (secondary N) is 2. The summed E-state index contributed by atoms with van der Waals surface area (Å²) in [6.45, 7) is 0. The molecule has 57 heavy (non-hydrogen) atoms. The molecule has 1 aliphatic rings. The van der Waals surface area contributed by atoms with Crippen LogP contribution in [-0.2, 0) is 0 Å². The topological polar surface area (TPSA) is 53.7 Å². The fourth-order valence-corrected chi connectivity index (χ4v) is 7.79. The van der Waals surface area contributed by atoms with Gasteiger partial charge in [0.2, 0.25) is 0 Å². The van der Waals surface area contributed by atoms with Crippen LogP contribution in [0.25, 0.3) is 38.6 Å². The first-order chi connectivity index (χ1) is 28.2. The van der Waals surface area contributed by atoms with Gasteiger partial charge in [-0.2, -0.15) is 0 Å². The number of rotatable bonds is 10. The monoisotopic (exact) mass is 737 g/mol. The standard InChI is InChI=1S/C52H43N5/c1-53-51(39-20-10-4-11-21-39)56-52(54-36-37-16-6-2-7-17-37)40-26-30-43(31-27-40)55-48-32-28-41(34-46(48)38-18-8-3-9-19-38)42-29-33-50-47(35-42)45-24-14-15-25-49(45)57(50)44-22-12-5-13-23-44/h2-27,29-31,33-36,51,53,55H,28,32H2,1H3. The van der Waals surface area contributed by atoms with Crippen LogP contribution >= 0.6 is 0 Å². The van der Waals surface area contributed by atoms with E-state index in [2.05, 4.69) is 161 Å². The molecule has 5 nitrogen and oxygen atoms in total. The first kappa shape index (κ1) is 35.6. The molecule has 8 aromatic rings. The maximum absolute atomic E-state index is 5.11. The van der Waals surface area contributed by atoms with E-state index < -0.39 is 0 Å². The Morgan fingerprint density at radius 3 is 2.00 bits per heavy atom. The average Bonchev–Trinajstić information content (AvgIpc) is 3.62. The zero-order valence-electron chi connectivity index (χ0n) is 31.9. The summed E-state index contributed by atoms with van der Waals surface area (Å²) >= 11 is 0. The molecule has 0 spiro atoms. The predicted octanol–water partition coefficient (Wildman–Crippen LogP) is 12.3. The Labute approximate surface area is 334 Å². The van der Waals surface area contributed by atoms with E-state index in [9.17, 15) is 0 Å². The van der Waals surface area contributed by atoms with Crippen LogP contribution in [0.15, 0.2) is 210 Å². The smallest absolute Gasteiger partial charge is 0.156 e. The second-order valence-corrected chi connectivity index (χ2v) is 14.3. The second kappa shape index (κ2) is 16.3. The van der Waals surface area contributed by atoms with Gasteiger partial charge in [0.05, 0.1) is 11.0 Å². The van der Waals surface area contributed by atoms with E-state index in [1.165, 1.54) is 55.5 Å². The van der Waals surface area contributed by atoms with Gasteiger partial charge in [0, 0.05) is 45.2 Å². The Morgan fingerprint density at radius 1 is 0.614 bits per heavy atom. The minimum absolute atomic E-state index is 0.239. The molecule has 1 aliphatic carbocycles. The van der Waals surface area contributed by atoms with E-state index in [4.69, 9.17) is 9.98 Å². The summed E-state index contributed by atoms with van der Waals surface area (Å²) in [7, 11) is 1.93. The van der Waals surface area contributed by atoms with E-state index in [-0.39, 0.29) is 6.17 Å². The molecule has 5 heteroatoms. The van der Waals surface area contributed by atoms with Crippen molar-refractivity contribution in [2.45, 2.75) is 19.0 Å². The lowest BCUT2D eigenvalue weighted by molar-refractivity contribution is 0.625. The zero-order chi connectivity index (χ0) is 38.4. The van der Waals surface area contributed by atoms with E-state index in [0.29, 0.717) is 5.84 Å². The maximum Gasteiger partial charge on any atom is 0.156 e. The molecular weight excluding hydrogens is 695 g/mol. The molecule has 0 fully saturated rings. The Bertz CT molecular complexity index is 2760. The van der Waals surface area contributed by atoms with Gasteiger partial charge in [0.25, 0.3) is 0 Å². The molecule has 0 radical (unpaired) electrons. The fourth-order valence-electron chi connectivity index (χ4n) is 7.79. The summed E-state index contributed by atoms with van der Waals surface area (Å²) in [6, 6.07) is 65.9. The molecule has 7 aromatic carbocycles. The normalized spacial score (nSPS) is 14.0.